The van der Waals surface area contributed by atoms with Crippen LogP contribution < -0.4 is 0 Å². The molecule has 0 unspecified atom stereocenters. The van der Waals surface area contributed by atoms with E-state index in [0.29, 0.717) is 0 Å². The molecule has 0 aliphatic rings. The molecule has 0 saturated heterocycles. The second kappa shape index (κ2) is 6.69. The smallest absolute Gasteiger partial charge is 0.0896 e. The van der Waals surface area contributed by atoms with Gasteiger partial charge < -0.3 is 0 Å². The molecule has 0 aromatic carbocycles. The predicted molar refractivity (Wildman–Crippen MR) is 69.9 cm³/mol. The normalized spacial score (nSPS) is 8.80. The molecule has 0 spiro atoms. The minimum atomic E-state index is 0. The Morgan fingerprint density at radius 3 is 1.20 bits per heavy atom. The fourth-order valence-corrected chi connectivity index (χ4v) is 2.29. The lowest BCUT2D eigenvalue weighted by molar-refractivity contribution is 1.28. The van der Waals surface area contributed by atoms with Gasteiger partial charge in [-0.15, -0.1) is 22.7 Å². The van der Waals surface area contributed by atoms with Crippen LogP contribution in [0.5, 0.6) is 0 Å². The minimum Gasteiger partial charge on any atom is -0.250 e. The number of hydrogen-bond acceptors (Lipinski definition) is 4. The van der Waals surface area contributed by atoms with Crippen LogP contribution in [0.4, 0.5) is 0 Å². The third-order valence-electron chi connectivity index (χ3n) is 1.47. The fourth-order valence-electron chi connectivity index (χ4n) is 0.935. The Labute approximate surface area is 100 Å². The van der Waals surface area contributed by atoms with Gasteiger partial charge in [-0.25, -0.2) is 9.97 Å². The van der Waals surface area contributed by atoms with Gasteiger partial charge in [0.2, 0.25) is 0 Å². The fraction of sp³-hybridized carbons (Fsp3) is 0.455. The third-order valence-corrected chi connectivity index (χ3v) is 3.13. The van der Waals surface area contributed by atoms with Crippen LogP contribution in [0.15, 0.2) is 12.4 Å². The molecule has 0 aliphatic heterocycles. The van der Waals surface area contributed by atoms with Crippen molar-refractivity contribution in [3.63, 3.8) is 0 Å². The summed E-state index contributed by atoms with van der Waals surface area (Å²) in [6.45, 7) is 8.14. The van der Waals surface area contributed by atoms with Gasteiger partial charge in [0.05, 0.1) is 10.0 Å². The average Bonchev–Trinajstić information content (AvgIpc) is 2.63. The quantitative estimate of drug-likeness (QED) is 0.693. The van der Waals surface area contributed by atoms with Crippen molar-refractivity contribution < 1.29 is 0 Å². The van der Waals surface area contributed by atoms with Gasteiger partial charge in [-0.2, -0.15) is 0 Å². The summed E-state index contributed by atoms with van der Waals surface area (Å²) >= 11 is 3.46. The van der Waals surface area contributed by atoms with Crippen molar-refractivity contribution in [2.75, 3.05) is 0 Å². The maximum atomic E-state index is 4.03. The summed E-state index contributed by atoms with van der Waals surface area (Å²) in [5.74, 6) is 0. The zero-order valence-electron chi connectivity index (χ0n) is 8.87. The van der Waals surface area contributed by atoms with Crippen LogP contribution in [0.3, 0.4) is 0 Å². The number of rotatable bonds is 0. The predicted octanol–water partition coefficient (Wildman–Crippen LogP) is 4.16. The number of thiazole rings is 2. The van der Waals surface area contributed by atoms with Crippen LogP contribution in [0.1, 0.15) is 27.2 Å². The standard InChI is InChI=1S/2C5H7NS.CH4/c2*1-4-3-6-5(2)7-4;/h2*3H,1-2H3;1H4. The average molecular weight is 242 g/mol. The lowest BCUT2D eigenvalue weighted by Gasteiger charge is -1.68. The highest BCUT2D eigenvalue weighted by molar-refractivity contribution is 7.11. The first-order chi connectivity index (χ1) is 6.58. The number of nitrogens with zero attached hydrogens (tertiary/aromatic N) is 2. The molecule has 0 amide bonds. The van der Waals surface area contributed by atoms with Gasteiger partial charge in [0.25, 0.3) is 0 Å². The molecule has 0 aliphatic carbocycles. The van der Waals surface area contributed by atoms with E-state index in [4.69, 9.17) is 0 Å². The van der Waals surface area contributed by atoms with Gasteiger partial charge in [-0.1, -0.05) is 7.43 Å². The van der Waals surface area contributed by atoms with Crippen molar-refractivity contribution in [2.45, 2.75) is 35.1 Å². The van der Waals surface area contributed by atoms with Crippen LogP contribution >= 0.6 is 22.7 Å². The molecule has 84 valence electrons. The zero-order valence-corrected chi connectivity index (χ0v) is 10.5. The molecular weight excluding hydrogens is 224 g/mol. The molecule has 0 fully saturated rings. The molecule has 15 heavy (non-hydrogen) atoms. The van der Waals surface area contributed by atoms with Crippen LogP contribution in [-0.2, 0) is 0 Å². The van der Waals surface area contributed by atoms with E-state index in [1.165, 1.54) is 9.75 Å². The highest BCUT2D eigenvalue weighted by atomic mass is 32.1. The first kappa shape index (κ1) is 14.3. The topological polar surface area (TPSA) is 25.8 Å². The lowest BCUT2D eigenvalue weighted by atomic mass is 10.6. The molecule has 4 heteroatoms. The van der Waals surface area contributed by atoms with E-state index in [2.05, 4.69) is 23.8 Å². The first-order valence-corrected chi connectivity index (χ1v) is 5.99. The van der Waals surface area contributed by atoms with Crippen molar-refractivity contribution in [2.24, 2.45) is 0 Å². The summed E-state index contributed by atoms with van der Waals surface area (Å²) in [5, 5.41) is 2.30. The Balaban J connectivity index is 0.000000245. The highest BCUT2D eigenvalue weighted by Gasteiger charge is 1.86. The SMILES string of the molecule is C.Cc1cnc(C)s1.Cc1cnc(C)s1. The number of aromatic nitrogens is 2. The number of aryl methyl sites for hydroxylation is 4. The van der Waals surface area contributed by atoms with E-state index < -0.39 is 0 Å². The molecule has 2 heterocycles. The van der Waals surface area contributed by atoms with Crippen molar-refractivity contribution in [3.8, 4) is 0 Å². The summed E-state index contributed by atoms with van der Waals surface area (Å²) in [6.07, 6.45) is 3.78. The molecule has 0 bridgehead atoms. The van der Waals surface area contributed by atoms with Gasteiger partial charge in [0.15, 0.2) is 0 Å². The van der Waals surface area contributed by atoms with Gasteiger partial charge in [0, 0.05) is 22.1 Å². The Kier molecular flexibility index (Phi) is 6.36. The number of hydrogen-bond donors (Lipinski definition) is 0. The molecule has 2 aromatic rings. The largest absolute Gasteiger partial charge is 0.250 e. The maximum absolute atomic E-state index is 4.03. The van der Waals surface area contributed by atoms with Gasteiger partial charge in [-0.05, 0) is 27.7 Å². The van der Waals surface area contributed by atoms with Crippen LogP contribution in [-0.4, -0.2) is 9.97 Å². The van der Waals surface area contributed by atoms with Crippen LogP contribution in [0.25, 0.3) is 0 Å². The second-order valence-corrected chi connectivity index (χ2v) is 5.86. The third kappa shape index (κ3) is 5.64. The van der Waals surface area contributed by atoms with Crippen molar-refractivity contribution in [3.05, 3.63) is 32.2 Å². The van der Waals surface area contributed by atoms with E-state index in [9.17, 15) is 0 Å². The van der Waals surface area contributed by atoms with E-state index in [1.807, 2.05) is 26.2 Å². The minimum absolute atomic E-state index is 0. The highest BCUT2D eigenvalue weighted by Crippen LogP contribution is 2.08. The molecule has 0 N–H and O–H groups in total. The monoisotopic (exact) mass is 242 g/mol. The lowest BCUT2D eigenvalue weighted by Crippen LogP contribution is -1.57. The van der Waals surface area contributed by atoms with E-state index in [0.717, 1.165) is 10.0 Å². The Morgan fingerprint density at radius 1 is 0.800 bits per heavy atom. The van der Waals surface area contributed by atoms with Gasteiger partial charge >= 0.3 is 0 Å². The summed E-state index contributed by atoms with van der Waals surface area (Å²) < 4.78 is 0. The van der Waals surface area contributed by atoms with Crippen LogP contribution in [0.2, 0.25) is 0 Å². The zero-order chi connectivity index (χ0) is 10.6. The van der Waals surface area contributed by atoms with Crippen molar-refractivity contribution >= 4 is 22.7 Å². The van der Waals surface area contributed by atoms with Crippen molar-refractivity contribution in [1.29, 1.82) is 0 Å². The van der Waals surface area contributed by atoms with E-state index >= 15 is 0 Å². The summed E-state index contributed by atoms with van der Waals surface area (Å²) in [5.41, 5.74) is 0. The van der Waals surface area contributed by atoms with Gasteiger partial charge in [0.1, 0.15) is 0 Å². The Bertz CT molecular complexity index is 319. The second-order valence-electron chi connectivity index (χ2n) is 2.98. The van der Waals surface area contributed by atoms with Gasteiger partial charge in [-0.3, -0.25) is 0 Å². The molecule has 2 aromatic heterocycles. The summed E-state index contributed by atoms with van der Waals surface area (Å²) in [4.78, 5) is 10.6. The molecule has 0 saturated carbocycles. The van der Waals surface area contributed by atoms with Crippen molar-refractivity contribution in [1.82, 2.24) is 9.97 Å². The summed E-state index contributed by atoms with van der Waals surface area (Å²) in [7, 11) is 0. The molecule has 0 atom stereocenters. The maximum Gasteiger partial charge on any atom is 0.0896 e. The first-order valence-electron chi connectivity index (χ1n) is 4.36. The molecule has 2 rings (SSSR count). The molecular formula is C11H18N2S2. The van der Waals surface area contributed by atoms with E-state index in [1.54, 1.807) is 22.7 Å². The summed E-state index contributed by atoms with van der Waals surface area (Å²) in [6, 6.07) is 0. The Hall–Kier alpha value is -0.740. The van der Waals surface area contributed by atoms with Crippen LogP contribution in [0, 0.1) is 27.7 Å². The molecule has 0 radical (unpaired) electrons. The molecule has 2 nitrogen and oxygen atoms in total. The Morgan fingerprint density at radius 2 is 1.13 bits per heavy atom. The van der Waals surface area contributed by atoms with E-state index in [-0.39, 0.29) is 7.43 Å².